The van der Waals surface area contributed by atoms with E-state index in [1.165, 1.54) is 0 Å². The molecule has 0 bridgehead atoms. The lowest BCUT2D eigenvalue weighted by Gasteiger charge is -2.16. The van der Waals surface area contributed by atoms with Crippen molar-refractivity contribution in [3.63, 3.8) is 0 Å². The fraction of sp³-hybridized carbons (Fsp3) is 0.143. The molecule has 4 rings (SSSR count). The minimum atomic E-state index is 0.403. The molecule has 26 heavy (non-hydrogen) atoms. The predicted molar refractivity (Wildman–Crippen MR) is 103 cm³/mol. The molecule has 1 aromatic carbocycles. The summed E-state index contributed by atoms with van der Waals surface area (Å²) in [6, 6.07) is 15.8. The van der Waals surface area contributed by atoms with Crippen LogP contribution in [-0.4, -0.2) is 10.1 Å². The summed E-state index contributed by atoms with van der Waals surface area (Å²) >= 11 is 0. The molecule has 1 aliphatic carbocycles. The van der Waals surface area contributed by atoms with Crippen LogP contribution in [0.25, 0.3) is 11.3 Å². The van der Waals surface area contributed by atoms with Gasteiger partial charge in [-0.3, -0.25) is 0 Å². The molecule has 0 radical (unpaired) electrons. The minimum absolute atomic E-state index is 0.403. The topological polar surface area (TPSA) is 77.0 Å². The summed E-state index contributed by atoms with van der Waals surface area (Å²) in [5.74, 6) is 1.51. The molecule has 3 aromatic rings. The van der Waals surface area contributed by atoms with Gasteiger partial charge in [0.05, 0.1) is 11.3 Å². The number of nitrogens with zero attached hydrogens (tertiary/aromatic N) is 2. The number of para-hydroxylation sites is 1. The highest BCUT2D eigenvalue weighted by atomic mass is 16.5. The number of aromatic nitrogens is 2. The average molecular weight is 344 g/mol. The number of nitrogen functional groups attached to an aromatic ring is 1. The maximum atomic E-state index is 5.90. The Balaban J connectivity index is 1.38. The normalized spacial score (nSPS) is 16.3. The maximum Gasteiger partial charge on any atom is 0.170 e. The first-order chi connectivity index (χ1) is 12.8. The molecule has 3 N–H and O–H groups in total. The second-order valence-electron chi connectivity index (χ2n) is 6.33. The van der Waals surface area contributed by atoms with Crippen molar-refractivity contribution < 1.29 is 4.52 Å². The molecule has 0 amide bonds. The zero-order chi connectivity index (χ0) is 17.8. The van der Waals surface area contributed by atoms with Gasteiger partial charge in [-0.25, -0.2) is 4.98 Å². The number of pyridine rings is 1. The van der Waals surface area contributed by atoms with E-state index >= 15 is 0 Å². The first-order valence-corrected chi connectivity index (χ1v) is 8.65. The van der Waals surface area contributed by atoms with Crippen molar-refractivity contribution in [1.29, 1.82) is 0 Å². The fourth-order valence-electron chi connectivity index (χ4n) is 3.03. The smallest absolute Gasteiger partial charge is 0.170 e. The third-order valence-corrected chi connectivity index (χ3v) is 4.39. The molecular formula is C21H20N4O. The first kappa shape index (κ1) is 16.1. The van der Waals surface area contributed by atoms with Crippen LogP contribution in [0.5, 0.6) is 0 Å². The van der Waals surface area contributed by atoms with Crippen LogP contribution in [0.2, 0.25) is 0 Å². The fourth-order valence-corrected chi connectivity index (χ4v) is 3.03. The van der Waals surface area contributed by atoms with E-state index in [4.69, 9.17) is 10.3 Å². The standard InChI is InChI=1S/C21H20N4O/c22-21-19(7-4-12-23-21)20-14-18(25-26-20)13-15-8-10-17(11-9-15)24-16-5-2-1-3-6-16/h1-8,10-12,14-15,24H,9,13H2,(H2,22,23). The summed E-state index contributed by atoms with van der Waals surface area (Å²) in [4.78, 5) is 4.09. The SMILES string of the molecule is Nc1ncccc1-c1cc(CC2C=CC(Nc3ccccc3)=CC2)no1. The number of hydrogen-bond acceptors (Lipinski definition) is 5. The molecule has 5 heteroatoms. The van der Waals surface area contributed by atoms with Gasteiger partial charge in [-0.05, 0) is 49.1 Å². The lowest BCUT2D eigenvalue weighted by atomic mass is 9.94. The number of hydrogen-bond donors (Lipinski definition) is 2. The van der Waals surface area contributed by atoms with Gasteiger partial charge < -0.3 is 15.6 Å². The second-order valence-corrected chi connectivity index (χ2v) is 6.33. The summed E-state index contributed by atoms with van der Waals surface area (Å²) in [6.07, 6.45) is 10.0. The summed E-state index contributed by atoms with van der Waals surface area (Å²) in [5, 5.41) is 7.60. The van der Waals surface area contributed by atoms with Crippen molar-refractivity contribution >= 4 is 11.5 Å². The summed E-state index contributed by atoms with van der Waals surface area (Å²) in [7, 11) is 0. The molecule has 1 atom stereocenters. The van der Waals surface area contributed by atoms with Crippen LogP contribution >= 0.6 is 0 Å². The number of nitrogens with two attached hydrogens (primary N) is 1. The molecule has 1 aliphatic rings. The number of nitrogens with one attached hydrogen (secondary N) is 1. The van der Waals surface area contributed by atoms with E-state index in [0.717, 1.165) is 35.5 Å². The van der Waals surface area contributed by atoms with Gasteiger partial charge in [0, 0.05) is 23.6 Å². The van der Waals surface area contributed by atoms with Crippen LogP contribution in [0.1, 0.15) is 12.1 Å². The first-order valence-electron chi connectivity index (χ1n) is 8.65. The van der Waals surface area contributed by atoms with Crippen LogP contribution in [0.4, 0.5) is 11.5 Å². The Labute approximate surface area is 152 Å². The van der Waals surface area contributed by atoms with Gasteiger partial charge in [0.2, 0.25) is 0 Å². The van der Waals surface area contributed by atoms with Gasteiger partial charge in [0.25, 0.3) is 0 Å². The Bertz CT molecular complexity index is 943. The molecule has 5 nitrogen and oxygen atoms in total. The van der Waals surface area contributed by atoms with Gasteiger partial charge >= 0.3 is 0 Å². The summed E-state index contributed by atoms with van der Waals surface area (Å²) < 4.78 is 5.45. The zero-order valence-corrected chi connectivity index (χ0v) is 14.3. The van der Waals surface area contributed by atoms with E-state index in [1.807, 2.05) is 36.4 Å². The largest absolute Gasteiger partial charge is 0.383 e. The van der Waals surface area contributed by atoms with Crippen LogP contribution in [0.15, 0.2) is 83.2 Å². The van der Waals surface area contributed by atoms with Crippen LogP contribution < -0.4 is 11.1 Å². The molecule has 2 aromatic heterocycles. The van der Waals surface area contributed by atoms with Gasteiger partial charge in [-0.2, -0.15) is 0 Å². The Morgan fingerprint density at radius 2 is 2.04 bits per heavy atom. The quantitative estimate of drug-likeness (QED) is 0.716. The van der Waals surface area contributed by atoms with Crippen LogP contribution in [-0.2, 0) is 6.42 Å². The van der Waals surface area contributed by atoms with Crippen LogP contribution in [0.3, 0.4) is 0 Å². The van der Waals surface area contributed by atoms with Crippen molar-refractivity contribution in [2.75, 3.05) is 11.1 Å². The van der Waals surface area contributed by atoms with Crippen LogP contribution in [0, 0.1) is 5.92 Å². The van der Waals surface area contributed by atoms with E-state index in [-0.39, 0.29) is 0 Å². The minimum Gasteiger partial charge on any atom is -0.383 e. The van der Waals surface area contributed by atoms with Crippen molar-refractivity contribution in [3.05, 3.63) is 84.3 Å². The molecule has 0 saturated heterocycles. The van der Waals surface area contributed by atoms with Gasteiger partial charge in [-0.15, -0.1) is 0 Å². The highest BCUT2D eigenvalue weighted by Crippen LogP contribution is 2.27. The zero-order valence-electron chi connectivity index (χ0n) is 14.3. The second kappa shape index (κ2) is 7.27. The van der Waals surface area contributed by atoms with E-state index in [9.17, 15) is 0 Å². The molecular weight excluding hydrogens is 324 g/mol. The third-order valence-electron chi connectivity index (χ3n) is 4.39. The lowest BCUT2D eigenvalue weighted by Crippen LogP contribution is -2.07. The molecule has 0 aliphatic heterocycles. The maximum absolute atomic E-state index is 5.90. The monoisotopic (exact) mass is 344 g/mol. The summed E-state index contributed by atoms with van der Waals surface area (Å²) in [5.41, 5.74) is 9.82. The van der Waals surface area contributed by atoms with Gasteiger partial charge in [0.1, 0.15) is 5.82 Å². The van der Waals surface area contributed by atoms with Gasteiger partial charge in [-0.1, -0.05) is 35.5 Å². The number of anilines is 2. The van der Waals surface area contributed by atoms with Crippen molar-refractivity contribution in [1.82, 2.24) is 10.1 Å². The highest BCUT2D eigenvalue weighted by Gasteiger charge is 2.15. The number of benzene rings is 1. The Kier molecular flexibility index (Phi) is 4.51. The van der Waals surface area contributed by atoms with E-state index in [0.29, 0.717) is 17.5 Å². The Morgan fingerprint density at radius 1 is 1.15 bits per heavy atom. The molecule has 0 spiro atoms. The molecule has 0 saturated carbocycles. The van der Waals surface area contributed by atoms with Crippen molar-refractivity contribution in [2.45, 2.75) is 12.8 Å². The van der Waals surface area contributed by atoms with Crippen molar-refractivity contribution in [2.24, 2.45) is 5.92 Å². The lowest BCUT2D eigenvalue weighted by molar-refractivity contribution is 0.419. The highest BCUT2D eigenvalue weighted by molar-refractivity contribution is 5.69. The molecule has 1 unspecified atom stereocenters. The van der Waals surface area contributed by atoms with E-state index in [2.05, 4.69) is 45.8 Å². The summed E-state index contributed by atoms with van der Waals surface area (Å²) in [6.45, 7) is 0. The van der Waals surface area contributed by atoms with E-state index < -0.39 is 0 Å². The number of rotatable bonds is 5. The third kappa shape index (κ3) is 3.67. The Hall–Kier alpha value is -3.34. The number of allylic oxidation sites excluding steroid dienone is 3. The average Bonchev–Trinajstić information content (AvgIpc) is 3.13. The van der Waals surface area contributed by atoms with Gasteiger partial charge in [0.15, 0.2) is 5.76 Å². The Morgan fingerprint density at radius 3 is 2.81 bits per heavy atom. The molecule has 130 valence electrons. The predicted octanol–water partition coefficient (Wildman–Crippen LogP) is 4.43. The van der Waals surface area contributed by atoms with E-state index in [1.54, 1.807) is 6.20 Å². The molecule has 2 heterocycles. The molecule has 0 fully saturated rings. The van der Waals surface area contributed by atoms with Crippen molar-refractivity contribution in [3.8, 4) is 11.3 Å².